The molecule has 12 nitrogen and oxygen atoms in total. The molecule has 3 rings (SSSR count). The summed E-state index contributed by atoms with van der Waals surface area (Å²) in [5.41, 5.74) is 3.98. The van der Waals surface area contributed by atoms with Crippen LogP contribution in [0.25, 0.3) is 10.4 Å². The van der Waals surface area contributed by atoms with Crippen LogP contribution in [0.2, 0.25) is 0 Å². The van der Waals surface area contributed by atoms with E-state index in [0.717, 1.165) is 21.7 Å². The first kappa shape index (κ1) is 31.0. The van der Waals surface area contributed by atoms with Crippen LogP contribution in [0.1, 0.15) is 38.4 Å². The summed E-state index contributed by atoms with van der Waals surface area (Å²) in [4.78, 5) is 56.4. The molecule has 13 heteroatoms. The number of likely N-dealkylation sites (tertiary alicyclic amines) is 1. The number of carboxylic acid groups (broad SMARTS) is 1. The number of ether oxygens (including phenoxy) is 1. The number of aromatic nitrogens is 1. The fraction of sp³-hybridized carbons (Fsp3) is 0.519. The van der Waals surface area contributed by atoms with Crippen LogP contribution in [0.5, 0.6) is 0 Å². The lowest BCUT2D eigenvalue weighted by molar-refractivity contribution is -0.144. The number of carbonyl (C=O) groups excluding carboxylic acids is 3. The number of nitrogens with one attached hydrogen (secondary N) is 3. The molecule has 0 spiro atoms. The Balaban J connectivity index is 1.60. The van der Waals surface area contributed by atoms with Gasteiger partial charge in [0.1, 0.15) is 18.7 Å². The minimum absolute atomic E-state index is 0.0119. The fourth-order valence-electron chi connectivity index (χ4n) is 4.38. The smallest absolute Gasteiger partial charge is 0.404 e. The zero-order valence-corrected chi connectivity index (χ0v) is 23.9. The maximum atomic E-state index is 13.6. The van der Waals surface area contributed by atoms with Crippen LogP contribution in [-0.2, 0) is 25.7 Å². The van der Waals surface area contributed by atoms with E-state index in [4.69, 9.17) is 9.84 Å². The molecule has 4 amide bonds. The average Bonchev–Trinajstić information content (AvgIpc) is 3.50. The van der Waals surface area contributed by atoms with Crippen molar-refractivity contribution in [1.82, 2.24) is 25.8 Å². The third-order valence-electron chi connectivity index (χ3n) is 6.47. The summed E-state index contributed by atoms with van der Waals surface area (Å²) in [6.45, 7) is 7.17. The van der Waals surface area contributed by atoms with E-state index in [9.17, 15) is 24.3 Å². The Labute approximate surface area is 237 Å². The maximum Gasteiger partial charge on any atom is 0.404 e. The summed E-state index contributed by atoms with van der Waals surface area (Å²) in [7, 11) is 0. The summed E-state index contributed by atoms with van der Waals surface area (Å²) in [5, 5.41) is 26.6. The van der Waals surface area contributed by atoms with Gasteiger partial charge in [-0.15, -0.1) is 11.3 Å². The zero-order chi connectivity index (χ0) is 29.4. The number of rotatable bonds is 11. The summed E-state index contributed by atoms with van der Waals surface area (Å²) >= 11 is 1.56. The summed E-state index contributed by atoms with van der Waals surface area (Å²) in [6, 6.07) is 5.92. The van der Waals surface area contributed by atoms with Gasteiger partial charge < -0.3 is 35.8 Å². The summed E-state index contributed by atoms with van der Waals surface area (Å²) in [5.74, 6) is -1.42. The van der Waals surface area contributed by atoms with Crippen LogP contribution < -0.4 is 16.0 Å². The van der Waals surface area contributed by atoms with E-state index in [1.807, 2.05) is 31.2 Å². The largest absolute Gasteiger partial charge is 0.465 e. The van der Waals surface area contributed by atoms with Gasteiger partial charge in [0.2, 0.25) is 17.7 Å². The van der Waals surface area contributed by atoms with Crippen LogP contribution in [-0.4, -0.2) is 88.4 Å². The van der Waals surface area contributed by atoms with Crippen molar-refractivity contribution in [2.24, 2.45) is 5.41 Å². The van der Waals surface area contributed by atoms with Gasteiger partial charge in [0.15, 0.2) is 0 Å². The van der Waals surface area contributed by atoms with Crippen molar-refractivity contribution in [3.05, 3.63) is 41.0 Å². The molecule has 1 aliphatic heterocycles. The van der Waals surface area contributed by atoms with E-state index in [0.29, 0.717) is 0 Å². The highest BCUT2D eigenvalue weighted by atomic mass is 32.1. The van der Waals surface area contributed by atoms with Crippen molar-refractivity contribution in [3.8, 4) is 10.4 Å². The monoisotopic (exact) mass is 575 g/mol. The predicted octanol–water partition coefficient (Wildman–Crippen LogP) is 1.51. The van der Waals surface area contributed by atoms with E-state index >= 15 is 0 Å². The standard InChI is InChI=1S/C27H37N5O7S/c1-16-22(40-15-30-16)18-7-5-17(6-8-18)12-29-24(35)20-11-19(33)13-32(20)25(36)23(27(2,3)4)31-21(34)14-39-10-9-28-26(37)38/h5-8,15,19-20,23,28,33H,9-14H2,1-4H3,(H,29,35)(H,31,34)(H,37,38)/t19-,20+,23-/m1/s1. The van der Waals surface area contributed by atoms with Gasteiger partial charge in [0.25, 0.3) is 0 Å². The minimum Gasteiger partial charge on any atom is -0.465 e. The molecule has 0 unspecified atom stereocenters. The quantitative estimate of drug-likeness (QED) is 0.251. The van der Waals surface area contributed by atoms with Crippen LogP contribution >= 0.6 is 11.3 Å². The van der Waals surface area contributed by atoms with Gasteiger partial charge >= 0.3 is 6.09 Å². The molecule has 1 saturated heterocycles. The number of carbonyl (C=O) groups is 4. The number of hydrogen-bond acceptors (Lipinski definition) is 8. The highest BCUT2D eigenvalue weighted by Crippen LogP contribution is 2.28. The van der Waals surface area contributed by atoms with E-state index < -0.39 is 41.5 Å². The van der Waals surface area contributed by atoms with Gasteiger partial charge in [0, 0.05) is 26.1 Å². The molecule has 1 aromatic carbocycles. The van der Waals surface area contributed by atoms with Gasteiger partial charge in [-0.2, -0.15) is 0 Å². The van der Waals surface area contributed by atoms with Crippen molar-refractivity contribution in [3.63, 3.8) is 0 Å². The number of benzene rings is 1. The molecule has 0 bridgehead atoms. The number of hydrogen-bond donors (Lipinski definition) is 5. The number of aliphatic hydroxyl groups excluding tert-OH is 1. The second-order valence-corrected chi connectivity index (χ2v) is 11.6. The molecule has 1 aliphatic rings. The highest BCUT2D eigenvalue weighted by molar-refractivity contribution is 7.13. The second kappa shape index (κ2) is 13.7. The molecule has 1 aromatic heterocycles. The lowest BCUT2D eigenvalue weighted by Gasteiger charge is -2.35. The SMILES string of the molecule is Cc1ncsc1-c1ccc(CNC(=O)[C@@H]2C[C@@H](O)CN2C(=O)[C@@H](NC(=O)COCCNC(=O)O)C(C)(C)C)cc1. The highest BCUT2D eigenvalue weighted by Gasteiger charge is 2.44. The molecule has 5 N–H and O–H groups in total. The second-order valence-electron chi connectivity index (χ2n) is 10.7. The molecule has 0 radical (unpaired) electrons. The van der Waals surface area contributed by atoms with Crippen LogP contribution in [0.4, 0.5) is 4.79 Å². The molecular formula is C27H37N5O7S. The zero-order valence-electron chi connectivity index (χ0n) is 23.1. The van der Waals surface area contributed by atoms with E-state index in [2.05, 4.69) is 20.9 Å². The molecule has 0 aliphatic carbocycles. The van der Waals surface area contributed by atoms with Gasteiger partial charge in [-0.05, 0) is 23.5 Å². The first-order valence-corrected chi connectivity index (χ1v) is 13.8. The fourth-order valence-corrected chi connectivity index (χ4v) is 5.19. The van der Waals surface area contributed by atoms with Crippen molar-refractivity contribution in [2.75, 3.05) is 26.3 Å². The minimum atomic E-state index is -1.20. The van der Waals surface area contributed by atoms with Gasteiger partial charge in [0.05, 0.1) is 28.8 Å². The van der Waals surface area contributed by atoms with Crippen molar-refractivity contribution < 1.29 is 34.1 Å². The number of aryl methyl sites for hydroxylation is 1. The first-order valence-electron chi connectivity index (χ1n) is 13.0. The summed E-state index contributed by atoms with van der Waals surface area (Å²) < 4.78 is 5.18. The maximum absolute atomic E-state index is 13.6. The number of aliphatic hydroxyl groups is 1. The first-order chi connectivity index (χ1) is 18.9. The van der Waals surface area contributed by atoms with Crippen LogP contribution in [0.3, 0.4) is 0 Å². The molecule has 0 saturated carbocycles. The Bertz CT molecular complexity index is 1190. The lowest BCUT2D eigenvalue weighted by Crippen LogP contribution is -2.58. The molecular weight excluding hydrogens is 538 g/mol. The molecule has 218 valence electrons. The van der Waals surface area contributed by atoms with Crippen LogP contribution in [0, 0.1) is 12.3 Å². The Morgan fingerprint density at radius 2 is 1.88 bits per heavy atom. The molecule has 40 heavy (non-hydrogen) atoms. The number of nitrogens with zero attached hydrogens (tertiary/aromatic N) is 2. The normalized spacial score (nSPS) is 17.8. The number of β-amino-alcohol motifs (C(OH)–C–C–N with tert-alkyl or cyclic N) is 1. The van der Waals surface area contributed by atoms with Gasteiger partial charge in [-0.25, -0.2) is 9.78 Å². The Morgan fingerprint density at radius 3 is 2.48 bits per heavy atom. The van der Waals surface area contributed by atoms with E-state index in [1.165, 1.54) is 4.90 Å². The number of amides is 4. The van der Waals surface area contributed by atoms with Crippen molar-refractivity contribution >= 4 is 35.2 Å². The molecule has 2 aromatic rings. The third-order valence-corrected chi connectivity index (χ3v) is 7.44. The Morgan fingerprint density at radius 1 is 1.18 bits per heavy atom. The van der Waals surface area contributed by atoms with Crippen molar-refractivity contribution in [1.29, 1.82) is 0 Å². The predicted molar refractivity (Wildman–Crippen MR) is 148 cm³/mol. The lowest BCUT2D eigenvalue weighted by atomic mass is 9.85. The van der Waals surface area contributed by atoms with Crippen molar-refractivity contribution in [2.45, 2.75) is 58.8 Å². The molecule has 2 heterocycles. The van der Waals surface area contributed by atoms with Crippen LogP contribution in [0.15, 0.2) is 29.8 Å². The Hall–Kier alpha value is -3.55. The van der Waals surface area contributed by atoms with Gasteiger partial charge in [-0.1, -0.05) is 45.0 Å². The Kier molecular flexibility index (Phi) is 10.6. The van der Waals surface area contributed by atoms with E-state index in [-0.39, 0.29) is 45.2 Å². The topological polar surface area (TPSA) is 170 Å². The summed E-state index contributed by atoms with van der Waals surface area (Å²) in [6.07, 6.45) is -1.98. The van der Waals surface area contributed by atoms with E-state index in [1.54, 1.807) is 37.6 Å². The third kappa shape index (κ3) is 8.47. The van der Waals surface area contributed by atoms with Gasteiger partial charge in [-0.3, -0.25) is 14.4 Å². The molecule has 3 atom stereocenters. The number of thiazole rings is 1. The average molecular weight is 576 g/mol. The molecule has 1 fully saturated rings.